The van der Waals surface area contributed by atoms with Crippen LogP contribution >= 0.6 is 0 Å². The van der Waals surface area contributed by atoms with E-state index in [1.807, 2.05) is 0 Å². The van der Waals surface area contributed by atoms with Gasteiger partial charge in [0.05, 0.1) is 6.54 Å². The first-order valence-corrected chi connectivity index (χ1v) is 11.3. The van der Waals surface area contributed by atoms with Gasteiger partial charge in [-0.05, 0) is 37.1 Å². The lowest BCUT2D eigenvalue weighted by Gasteiger charge is -2.43. The molecule has 0 spiro atoms. The SMILES string of the molecule is N=C(NCC(F)(F)F)c1ccc(N2CCN(C3CCN(CC(=O)OC(=O)C(F)(F)F)CC3)CC2)cc1. The highest BCUT2D eigenvalue weighted by molar-refractivity contribution is 5.96. The lowest BCUT2D eigenvalue weighted by Crippen LogP contribution is -2.53. The van der Waals surface area contributed by atoms with Crippen molar-refractivity contribution in [2.45, 2.75) is 31.2 Å². The third-order valence-corrected chi connectivity index (χ3v) is 6.17. The first-order chi connectivity index (χ1) is 16.8. The van der Waals surface area contributed by atoms with Crippen LogP contribution in [0.25, 0.3) is 0 Å². The number of nitrogens with one attached hydrogen (secondary N) is 2. The number of piperidine rings is 1. The van der Waals surface area contributed by atoms with Crippen LogP contribution < -0.4 is 10.2 Å². The molecular weight excluding hydrogens is 496 g/mol. The Hall–Kier alpha value is -2.87. The molecule has 0 amide bonds. The van der Waals surface area contributed by atoms with E-state index in [1.54, 1.807) is 29.2 Å². The molecular formula is C22H27F6N5O3. The van der Waals surface area contributed by atoms with E-state index < -0.39 is 30.8 Å². The van der Waals surface area contributed by atoms with Crippen LogP contribution in [0, 0.1) is 5.41 Å². The second kappa shape index (κ2) is 11.5. The summed E-state index contributed by atoms with van der Waals surface area (Å²) in [5.41, 5.74) is 1.27. The van der Waals surface area contributed by atoms with Crippen LogP contribution in [0.4, 0.5) is 32.0 Å². The van der Waals surface area contributed by atoms with Crippen LogP contribution in [0.5, 0.6) is 0 Å². The van der Waals surface area contributed by atoms with Gasteiger partial charge >= 0.3 is 24.3 Å². The van der Waals surface area contributed by atoms with E-state index in [4.69, 9.17) is 5.41 Å². The van der Waals surface area contributed by atoms with Crippen LogP contribution in [0.1, 0.15) is 18.4 Å². The van der Waals surface area contributed by atoms with E-state index in [2.05, 4.69) is 19.9 Å². The van der Waals surface area contributed by atoms with Crippen molar-refractivity contribution in [2.24, 2.45) is 0 Å². The van der Waals surface area contributed by atoms with Gasteiger partial charge in [-0.2, -0.15) is 26.3 Å². The number of halogens is 6. The third kappa shape index (κ3) is 8.08. The van der Waals surface area contributed by atoms with Crippen molar-refractivity contribution in [2.75, 3.05) is 57.3 Å². The van der Waals surface area contributed by atoms with E-state index in [-0.39, 0.29) is 18.4 Å². The summed E-state index contributed by atoms with van der Waals surface area (Å²) in [6.45, 7) is 2.36. The minimum Gasteiger partial charge on any atom is -0.385 e. The van der Waals surface area contributed by atoms with E-state index >= 15 is 0 Å². The van der Waals surface area contributed by atoms with Crippen molar-refractivity contribution in [1.82, 2.24) is 15.1 Å². The van der Waals surface area contributed by atoms with Gasteiger partial charge < -0.3 is 15.0 Å². The molecule has 2 aliphatic heterocycles. The summed E-state index contributed by atoms with van der Waals surface area (Å²) in [5, 5.41) is 9.81. The second-order valence-corrected chi connectivity index (χ2v) is 8.68. The van der Waals surface area contributed by atoms with Crippen LogP contribution in [-0.4, -0.2) is 98.3 Å². The molecule has 2 heterocycles. The fraction of sp³-hybridized carbons (Fsp3) is 0.591. The quantitative estimate of drug-likeness (QED) is 0.195. The lowest BCUT2D eigenvalue weighted by atomic mass is 10.0. The summed E-state index contributed by atoms with van der Waals surface area (Å²) in [5.74, 6) is -4.02. The molecule has 0 aliphatic carbocycles. The van der Waals surface area contributed by atoms with Crippen molar-refractivity contribution in [3.8, 4) is 0 Å². The average Bonchev–Trinajstić information content (AvgIpc) is 2.82. The largest absolute Gasteiger partial charge is 0.491 e. The molecule has 0 saturated carbocycles. The molecule has 2 saturated heterocycles. The molecule has 0 bridgehead atoms. The molecule has 0 aromatic heterocycles. The molecule has 1 aromatic carbocycles. The van der Waals surface area contributed by atoms with Gasteiger partial charge in [-0.25, -0.2) is 4.79 Å². The fourth-order valence-electron chi connectivity index (χ4n) is 4.29. The fourth-order valence-corrected chi connectivity index (χ4v) is 4.29. The molecule has 2 fully saturated rings. The van der Waals surface area contributed by atoms with Crippen molar-refractivity contribution in [3.05, 3.63) is 29.8 Å². The number of esters is 2. The number of amidine groups is 1. The highest BCUT2D eigenvalue weighted by Gasteiger charge is 2.42. The summed E-state index contributed by atoms with van der Waals surface area (Å²) in [6, 6.07) is 7.03. The number of anilines is 1. The molecule has 0 radical (unpaired) electrons. The van der Waals surface area contributed by atoms with Gasteiger partial charge in [-0.15, -0.1) is 0 Å². The maximum atomic E-state index is 12.3. The number of alkyl halides is 6. The van der Waals surface area contributed by atoms with Crippen LogP contribution in [0.3, 0.4) is 0 Å². The summed E-state index contributed by atoms with van der Waals surface area (Å²) in [4.78, 5) is 28.5. The molecule has 200 valence electrons. The third-order valence-electron chi connectivity index (χ3n) is 6.17. The van der Waals surface area contributed by atoms with Crippen molar-refractivity contribution in [1.29, 1.82) is 5.41 Å². The Balaban J connectivity index is 1.40. The van der Waals surface area contributed by atoms with Crippen molar-refractivity contribution < 1.29 is 40.7 Å². The minimum absolute atomic E-state index is 0.263. The standard InChI is InChI=1S/C22H27F6N5O3/c23-21(24,25)14-30-19(29)15-1-3-16(4-2-15)32-9-11-33(12-10-32)17-5-7-31(8-6-17)13-18(34)36-20(35)22(26,27)28/h1-4,17H,5-14H2,(H2,29,30). The van der Waals surface area contributed by atoms with Gasteiger partial charge in [0.25, 0.3) is 0 Å². The van der Waals surface area contributed by atoms with Crippen LogP contribution in [0.15, 0.2) is 24.3 Å². The zero-order chi connectivity index (χ0) is 26.5. The summed E-state index contributed by atoms with van der Waals surface area (Å²) >= 11 is 0. The summed E-state index contributed by atoms with van der Waals surface area (Å²) in [7, 11) is 0. The number of likely N-dealkylation sites (tertiary alicyclic amines) is 1. The highest BCUT2D eigenvalue weighted by Crippen LogP contribution is 2.23. The molecule has 36 heavy (non-hydrogen) atoms. The zero-order valence-corrected chi connectivity index (χ0v) is 19.3. The van der Waals surface area contributed by atoms with E-state index in [1.165, 1.54) is 0 Å². The van der Waals surface area contributed by atoms with Gasteiger partial charge in [-0.1, -0.05) is 0 Å². The number of carbonyl (C=O) groups is 2. The van der Waals surface area contributed by atoms with E-state index in [9.17, 15) is 35.9 Å². The Kier molecular flexibility index (Phi) is 8.82. The Morgan fingerprint density at radius 1 is 0.944 bits per heavy atom. The van der Waals surface area contributed by atoms with Gasteiger partial charge in [0.15, 0.2) is 0 Å². The monoisotopic (exact) mass is 523 g/mol. The Morgan fingerprint density at radius 2 is 1.53 bits per heavy atom. The summed E-state index contributed by atoms with van der Waals surface area (Å²) in [6.07, 6.45) is -8.15. The molecule has 0 unspecified atom stereocenters. The number of piperazine rings is 1. The number of hydrogen-bond acceptors (Lipinski definition) is 7. The molecule has 2 aliphatic rings. The topological polar surface area (TPSA) is 89.0 Å². The molecule has 0 atom stereocenters. The van der Waals surface area contributed by atoms with Crippen molar-refractivity contribution in [3.63, 3.8) is 0 Å². The number of hydrogen-bond donors (Lipinski definition) is 2. The second-order valence-electron chi connectivity index (χ2n) is 8.68. The highest BCUT2D eigenvalue weighted by atomic mass is 19.4. The zero-order valence-electron chi connectivity index (χ0n) is 19.3. The van der Waals surface area contributed by atoms with Gasteiger partial charge in [0.2, 0.25) is 0 Å². The normalized spacial score (nSPS) is 18.7. The number of nitrogens with zero attached hydrogens (tertiary/aromatic N) is 3. The maximum absolute atomic E-state index is 12.3. The van der Waals surface area contributed by atoms with E-state index in [0.717, 1.165) is 44.7 Å². The number of benzene rings is 1. The van der Waals surface area contributed by atoms with Crippen LogP contribution in [-0.2, 0) is 14.3 Å². The Labute approximate surface area is 203 Å². The number of ether oxygens (including phenoxy) is 1. The van der Waals surface area contributed by atoms with Crippen molar-refractivity contribution >= 4 is 23.5 Å². The minimum atomic E-state index is -5.20. The predicted molar refractivity (Wildman–Crippen MR) is 118 cm³/mol. The molecule has 1 aromatic rings. The van der Waals surface area contributed by atoms with Gasteiger partial charge in [-0.3, -0.25) is 20.0 Å². The molecule has 3 rings (SSSR count). The molecule has 14 heteroatoms. The first-order valence-electron chi connectivity index (χ1n) is 11.3. The van der Waals surface area contributed by atoms with Crippen LogP contribution in [0.2, 0.25) is 0 Å². The Bertz CT molecular complexity index is 922. The predicted octanol–water partition coefficient (Wildman–Crippen LogP) is 2.38. The summed E-state index contributed by atoms with van der Waals surface area (Å²) < 4.78 is 77.4. The molecule has 8 nitrogen and oxygen atoms in total. The number of rotatable bonds is 6. The molecule has 2 N–H and O–H groups in total. The van der Waals surface area contributed by atoms with E-state index in [0.29, 0.717) is 18.7 Å². The first kappa shape index (κ1) is 27.7. The van der Waals surface area contributed by atoms with Gasteiger partial charge in [0, 0.05) is 56.6 Å². The number of carbonyl (C=O) groups excluding carboxylic acids is 2. The lowest BCUT2D eigenvalue weighted by molar-refractivity contribution is -0.202. The maximum Gasteiger partial charge on any atom is 0.491 e. The Morgan fingerprint density at radius 3 is 2.06 bits per heavy atom. The average molecular weight is 523 g/mol. The smallest absolute Gasteiger partial charge is 0.385 e. The van der Waals surface area contributed by atoms with Gasteiger partial charge in [0.1, 0.15) is 12.4 Å².